The highest BCUT2D eigenvalue weighted by molar-refractivity contribution is 5.39. The molecule has 0 bridgehead atoms. The van der Waals surface area contributed by atoms with Crippen LogP contribution in [-0.4, -0.2) is 147 Å². The van der Waals surface area contributed by atoms with E-state index in [1.807, 2.05) is 0 Å². The summed E-state index contributed by atoms with van der Waals surface area (Å²) in [6.07, 6.45) is 23.6. The molecule has 0 saturated carbocycles. The van der Waals surface area contributed by atoms with Gasteiger partial charge in [-0.25, -0.2) is 0 Å². The highest BCUT2D eigenvalue weighted by Crippen LogP contribution is 2.75. The molecule has 12 saturated heterocycles. The third-order valence-corrected chi connectivity index (χ3v) is 20.0. The van der Waals surface area contributed by atoms with Gasteiger partial charge in [-0.15, -0.1) is 0 Å². The Kier molecular flexibility index (Phi) is 10.8. The second-order valence-corrected chi connectivity index (χ2v) is 21.7. The fourth-order valence-corrected chi connectivity index (χ4v) is 16.2. The zero-order valence-corrected chi connectivity index (χ0v) is 38.8. The molecule has 12 aliphatic heterocycles. The Labute approximate surface area is 375 Å². The molecule has 12 atom stereocenters. The molecule has 0 spiro atoms. The highest BCUT2D eigenvalue weighted by Gasteiger charge is 2.92. The molecule has 0 radical (unpaired) electrons. The van der Waals surface area contributed by atoms with Crippen molar-refractivity contribution in [3.05, 3.63) is 0 Å². The van der Waals surface area contributed by atoms with E-state index >= 15 is 0 Å². The molecule has 13 heteroatoms. The predicted octanol–water partition coefficient (Wildman–Crippen LogP) is 7.55. The standard InChI is InChI=1S/C50H78O13/c1-3-5-7-9-11-13-39(15-27-51-39)41(17-29-53-41)43(19-31-55-43)45(21-33-57-45)47(23-35-59-47)49(25-37-61-49)63-50(26-38-62-50)48(24-36-60-48)46(22-34-58-46)44(20-32-56-44)42(18-30-54-42)40(16-28-52-40)14-12-10-8-6-4-2/h3-38H2,1-2H3. The molecule has 0 N–H and O–H groups in total. The van der Waals surface area contributed by atoms with E-state index < -0.39 is 67.6 Å². The Bertz CT molecular complexity index is 1530. The molecule has 12 heterocycles. The average molecular weight is 887 g/mol. The lowest BCUT2D eigenvalue weighted by molar-refractivity contribution is -0.573. The van der Waals surface area contributed by atoms with Crippen LogP contribution < -0.4 is 0 Å². The zero-order chi connectivity index (χ0) is 42.6. The van der Waals surface area contributed by atoms with Gasteiger partial charge >= 0.3 is 0 Å². The average Bonchev–Trinajstić information content (AvgIpc) is 3.08. The third-order valence-electron chi connectivity index (χ3n) is 20.0. The molecule has 0 aliphatic carbocycles. The monoisotopic (exact) mass is 887 g/mol. The fourth-order valence-electron chi connectivity index (χ4n) is 16.2. The Morgan fingerprint density at radius 2 is 0.508 bits per heavy atom. The maximum Gasteiger partial charge on any atom is 0.206 e. The molecule has 0 aromatic heterocycles. The Hall–Kier alpha value is -0.520. The first kappa shape index (κ1) is 43.7. The van der Waals surface area contributed by atoms with Gasteiger partial charge in [0.1, 0.15) is 44.8 Å². The first-order valence-electron chi connectivity index (χ1n) is 26.2. The summed E-state index contributed by atoms with van der Waals surface area (Å²) in [4.78, 5) is 0. The number of hydrogen-bond donors (Lipinski definition) is 0. The van der Waals surface area contributed by atoms with Crippen molar-refractivity contribution in [2.24, 2.45) is 0 Å². The van der Waals surface area contributed by atoms with Crippen molar-refractivity contribution < 1.29 is 61.6 Å². The molecule has 0 aromatic rings. The van der Waals surface area contributed by atoms with Gasteiger partial charge < -0.3 is 61.6 Å². The van der Waals surface area contributed by atoms with Crippen LogP contribution in [0.4, 0.5) is 0 Å². The largest absolute Gasteiger partial charge is 0.372 e. The van der Waals surface area contributed by atoms with E-state index in [1.54, 1.807) is 0 Å². The molecule has 12 aliphatic rings. The van der Waals surface area contributed by atoms with E-state index in [2.05, 4.69) is 13.8 Å². The summed E-state index contributed by atoms with van der Waals surface area (Å²) in [6.45, 7) is 12.2. The van der Waals surface area contributed by atoms with Gasteiger partial charge in [0.05, 0.1) is 79.3 Å². The van der Waals surface area contributed by atoms with Gasteiger partial charge in [0, 0.05) is 77.0 Å². The predicted molar refractivity (Wildman–Crippen MR) is 227 cm³/mol. The summed E-state index contributed by atoms with van der Waals surface area (Å²) in [5.74, 6) is -2.36. The Balaban J connectivity index is 0.893. The smallest absolute Gasteiger partial charge is 0.206 e. The molecule has 0 aromatic carbocycles. The number of rotatable bonds is 24. The SMILES string of the molecule is CCCCCCCC1(C2(C3(C4(C5(C6(OC7(C8(C9(C%10(C%11(C%12(CCCCCCC)CCO%12)CCO%11)CCO%10)CCO9)CCO8)CCO7)CCO6)CCO5)CCO4)CCO3)CCO2)CCO1. The minimum atomic E-state index is -1.18. The van der Waals surface area contributed by atoms with Gasteiger partial charge in [0.25, 0.3) is 0 Å². The van der Waals surface area contributed by atoms with Gasteiger partial charge in [-0.2, -0.15) is 0 Å². The van der Waals surface area contributed by atoms with E-state index in [0.717, 1.165) is 90.3 Å². The van der Waals surface area contributed by atoms with E-state index in [4.69, 9.17) is 61.6 Å². The van der Waals surface area contributed by atoms with E-state index in [1.165, 1.54) is 51.4 Å². The van der Waals surface area contributed by atoms with Crippen LogP contribution in [0.15, 0.2) is 0 Å². The first-order valence-corrected chi connectivity index (χ1v) is 26.2. The normalized spacial score (nSPS) is 52.9. The molecular formula is C50H78O13. The second kappa shape index (κ2) is 15.5. The molecule has 12 fully saturated rings. The van der Waals surface area contributed by atoms with E-state index in [9.17, 15) is 0 Å². The van der Waals surface area contributed by atoms with Crippen LogP contribution in [0, 0.1) is 0 Å². The van der Waals surface area contributed by atoms with Gasteiger partial charge in [-0.3, -0.25) is 0 Å². The number of unbranched alkanes of at least 4 members (excludes halogenated alkanes) is 8. The van der Waals surface area contributed by atoms with Crippen molar-refractivity contribution in [2.45, 2.75) is 236 Å². The van der Waals surface area contributed by atoms with Gasteiger partial charge in [0.15, 0.2) is 11.2 Å². The van der Waals surface area contributed by atoms with Crippen LogP contribution in [0.5, 0.6) is 0 Å². The van der Waals surface area contributed by atoms with Crippen molar-refractivity contribution in [3.63, 3.8) is 0 Å². The van der Waals surface area contributed by atoms with Crippen LogP contribution in [0.2, 0.25) is 0 Å². The summed E-state index contributed by atoms with van der Waals surface area (Å²) in [7, 11) is 0. The van der Waals surface area contributed by atoms with Crippen LogP contribution in [0.1, 0.15) is 168 Å². The van der Waals surface area contributed by atoms with Crippen molar-refractivity contribution in [2.75, 3.05) is 79.3 Å². The number of ether oxygens (including phenoxy) is 13. The maximum atomic E-state index is 7.88. The highest BCUT2D eigenvalue weighted by atomic mass is 16.8. The van der Waals surface area contributed by atoms with E-state index in [0.29, 0.717) is 91.8 Å². The molecule has 13 nitrogen and oxygen atoms in total. The topological polar surface area (TPSA) is 120 Å². The molecule has 12 rings (SSSR count). The summed E-state index contributed by atoms with van der Waals surface area (Å²) >= 11 is 0. The van der Waals surface area contributed by atoms with Crippen LogP contribution in [-0.2, 0) is 61.6 Å². The fraction of sp³-hybridized carbons (Fsp3) is 1.00. The summed E-state index contributed by atoms with van der Waals surface area (Å²) in [6, 6.07) is 0. The first-order chi connectivity index (χ1) is 30.8. The minimum absolute atomic E-state index is 0.424. The van der Waals surface area contributed by atoms with E-state index in [-0.39, 0.29) is 0 Å². The Morgan fingerprint density at radius 3 is 0.698 bits per heavy atom. The second-order valence-electron chi connectivity index (χ2n) is 21.7. The van der Waals surface area contributed by atoms with Gasteiger partial charge in [-0.05, 0) is 12.8 Å². The lowest BCUT2D eigenvalue weighted by Crippen LogP contribution is -2.97. The third kappa shape index (κ3) is 5.05. The van der Waals surface area contributed by atoms with Gasteiger partial charge in [0.2, 0.25) is 11.6 Å². The molecular weight excluding hydrogens is 809 g/mol. The minimum Gasteiger partial charge on any atom is -0.372 e. The molecule has 12 unspecified atom stereocenters. The van der Waals surface area contributed by atoms with Crippen molar-refractivity contribution in [3.8, 4) is 0 Å². The quantitative estimate of drug-likeness (QED) is 0.0889. The van der Waals surface area contributed by atoms with Crippen LogP contribution in [0.3, 0.4) is 0 Å². The van der Waals surface area contributed by atoms with Crippen molar-refractivity contribution in [1.29, 1.82) is 0 Å². The molecule has 356 valence electrons. The maximum absolute atomic E-state index is 7.88. The van der Waals surface area contributed by atoms with Crippen molar-refractivity contribution in [1.82, 2.24) is 0 Å². The number of hydrogen-bond acceptors (Lipinski definition) is 13. The van der Waals surface area contributed by atoms with Crippen LogP contribution in [0.25, 0.3) is 0 Å². The lowest BCUT2D eigenvalue weighted by atomic mass is 9.46. The van der Waals surface area contributed by atoms with Crippen molar-refractivity contribution >= 4 is 0 Å². The molecule has 63 heavy (non-hydrogen) atoms. The summed E-state index contributed by atoms with van der Waals surface area (Å²) in [5.41, 5.74) is -7.38. The summed E-state index contributed by atoms with van der Waals surface area (Å²) < 4.78 is 92.5. The van der Waals surface area contributed by atoms with Crippen LogP contribution >= 0.6 is 0 Å². The zero-order valence-electron chi connectivity index (χ0n) is 38.8. The molecule has 0 amide bonds. The summed E-state index contributed by atoms with van der Waals surface area (Å²) in [5, 5.41) is 0. The Morgan fingerprint density at radius 1 is 0.270 bits per heavy atom. The van der Waals surface area contributed by atoms with Gasteiger partial charge in [-0.1, -0.05) is 78.1 Å². The lowest BCUT2D eigenvalue weighted by Gasteiger charge is -2.80.